The first kappa shape index (κ1) is 13.1. The first-order valence-electron chi connectivity index (χ1n) is 6.04. The highest BCUT2D eigenvalue weighted by Crippen LogP contribution is 2.19. The molecule has 1 N–H and O–H groups in total. The summed E-state index contributed by atoms with van der Waals surface area (Å²) >= 11 is 0. The van der Waals surface area contributed by atoms with Crippen molar-refractivity contribution < 1.29 is 9.59 Å². The Morgan fingerprint density at radius 2 is 2.05 bits per heavy atom. The molecule has 2 rings (SSSR count). The molecule has 1 fully saturated rings. The standard InChI is InChI=1S/C14H17N3O2/c1-5-6-17-13(18)12(15-14(17)19)8-11-7-9(2)16(4)10(11)3/h5,7-8H,1,6H2,2-4H3,(H,15,19)/b12-8+. The van der Waals surface area contributed by atoms with Crippen LogP contribution in [0.5, 0.6) is 0 Å². The van der Waals surface area contributed by atoms with Gasteiger partial charge in [-0.2, -0.15) is 0 Å². The second-order valence-corrected chi connectivity index (χ2v) is 4.58. The minimum atomic E-state index is -0.401. The van der Waals surface area contributed by atoms with Crippen LogP contribution in [0.3, 0.4) is 0 Å². The monoisotopic (exact) mass is 259 g/mol. The molecule has 1 aliphatic heterocycles. The minimum absolute atomic E-state index is 0.217. The Labute approximate surface area is 112 Å². The Morgan fingerprint density at radius 1 is 1.37 bits per heavy atom. The van der Waals surface area contributed by atoms with Crippen LogP contribution in [-0.2, 0) is 11.8 Å². The molecule has 1 aromatic heterocycles. The predicted molar refractivity (Wildman–Crippen MR) is 73.3 cm³/mol. The van der Waals surface area contributed by atoms with Crippen molar-refractivity contribution in [3.05, 3.63) is 41.4 Å². The molecule has 0 radical (unpaired) electrons. The summed E-state index contributed by atoms with van der Waals surface area (Å²) in [7, 11) is 1.96. The number of carbonyl (C=O) groups excluding carboxylic acids is 2. The lowest BCUT2D eigenvalue weighted by Gasteiger charge is -2.06. The molecule has 1 saturated heterocycles. The topological polar surface area (TPSA) is 54.3 Å². The van der Waals surface area contributed by atoms with Gasteiger partial charge in [-0.3, -0.25) is 9.69 Å². The number of amides is 3. The van der Waals surface area contributed by atoms with E-state index < -0.39 is 6.03 Å². The highest BCUT2D eigenvalue weighted by Gasteiger charge is 2.32. The van der Waals surface area contributed by atoms with Crippen molar-refractivity contribution in [2.75, 3.05) is 6.54 Å². The number of nitrogens with one attached hydrogen (secondary N) is 1. The van der Waals surface area contributed by atoms with Gasteiger partial charge in [0.15, 0.2) is 0 Å². The third-order valence-corrected chi connectivity index (χ3v) is 3.39. The lowest BCUT2D eigenvalue weighted by molar-refractivity contribution is -0.122. The molecule has 100 valence electrons. The third kappa shape index (κ3) is 2.19. The van der Waals surface area contributed by atoms with E-state index in [1.807, 2.05) is 31.5 Å². The van der Waals surface area contributed by atoms with Gasteiger partial charge in [0.05, 0.1) is 0 Å². The van der Waals surface area contributed by atoms with Crippen LogP contribution >= 0.6 is 0 Å². The number of nitrogens with zero attached hydrogens (tertiary/aromatic N) is 2. The molecule has 0 unspecified atom stereocenters. The first-order chi connectivity index (χ1) is 8.95. The normalized spacial score (nSPS) is 17.2. The zero-order valence-electron chi connectivity index (χ0n) is 11.4. The zero-order chi connectivity index (χ0) is 14.2. The van der Waals surface area contributed by atoms with Gasteiger partial charge < -0.3 is 9.88 Å². The lowest BCUT2D eigenvalue weighted by Crippen LogP contribution is -2.30. The van der Waals surface area contributed by atoms with Crippen LogP contribution in [0, 0.1) is 13.8 Å². The predicted octanol–water partition coefficient (Wildman–Crippen LogP) is 1.72. The van der Waals surface area contributed by atoms with Crippen LogP contribution in [0.25, 0.3) is 6.08 Å². The Balaban J connectivity index is 2.35. The smallest absolute Gasteiger partial charge is 0.329 e. The second kappa shape index (κ2) is 4.76. The summed E-state index contributed by atoms with van der Waals surface area (Å²) in [6.45, 7) is 7.72. The van der Waals surface area contributed by atoms with E-state index >= 15 is 0 Å². The van der Waals surface area contributed by atoms with Gasteiger partial charge in [-0.05, 0) is 31.6 Å². The van der Waals surface area contributed by atoms with Crippen LogP contribution in [0.4, 0.5) is 4.79 Å². The number of urea groups is 1. The van der Waals surface area contributed by atoms with Crippen molar-refractivity contribution in [3.8, 4) is 0 Å². The van der Waals surface area contributed by atoms with E-state index in [9.17, 15) is 9.59 Å². The lowest BCUT2D eigenvalue weighted by atomic mass is 10.2. The summed E-state index contributed by atoms with van der Waals surface area (Å²) in [5, 5.41) is 2.58. The molecule has 3 amide bonds. The number of rotatable bonds is 3. The van der Waals surface area contributed by atoms with Crippen LogP contribution < -0.4 is 5.32 Å². The molecule has 5 heteroatoms. The molecule has 5 nitrogen and oxygen atoms in total. The van der Waals surface area contributed by atoms with Crippen molar-refractivity contribution >= 4 is 18.0 Å². The highest BCUT2D eigenvalue weighted by molar-refractivity contribution is 6.14. The fourth-order valence-corrected chi connectivity index (χ4v) is 2.05. The fraction of sp³-hybridized carbons (Fsp3) is 0.286. The molecule has 0 aromatic carbocycles. The first-order valence-corrected chi connectivity index (χ1v) is 6.04. The Kier molecular flexibility index (Phi) is 3.29. The quantitative estimate of drug-likeness (QED) is 0.510. The number of imide groups is 1. The molecule has 0 spiro atoms. The van der Waals surface area contributed by atoms with Crippen molar-refractivity contribution in [1.82, 2.24) is 14.8 Å². The molecule has 19 heavy (non-hydrogen) atoms. The average molecular weight is 259 g/mol. The van der Waals surface area contributed by atoms with E-state index in [0.717, 1.165) is 21.9 Å². The summed E-state index contributed by atoms with van der Waals surface area (Å²) < 4.78 is 2.04. The van der Waals surface area contributed by atoms with E-state index in [2.05, 4.69) is 11.9 Å². The third-order valence-electron chi connectivity index (χ3n) is 3.39. The van der Waals surface area contributed by atoms with Crippen LogP contribution in [0.2, 0.25) is 0 Å². The molecule has 0 atom stereocenters. The Morgan fingerprint density at radius 3 is 2.58 bits per heavy atom. The summed E-state index contributed by atoms with van der Waals surface area (Å²) in [5.74, 6) is -0.314. The molecular formula is C14H17N3O2. The van der Waals surface area contributed by atoms with Gasteiger partial charge in [-0.25, -0.2) is 4.79 Å². The maximum Gasteiger partial charge on any atom is 0.329 e. The van der Waals surface area contributed by atoms with Crippen molar-refractivity contribution in [1.29, 1.82) is 0 Å². The maximum atomic E-state index is 12.0. The highest BCUT2D eigenvalue weighted by atomic mass is 16.2. The van der Waals surface area contributed by atoms with Gasteiger partial charge in [0.2, 0.25) is 0 Å². The van der Waals surface area contributed by atoms with Gasteiger partial charge in [0.25, 0.3) is 5.91 Å². The van der Waals surface area contributed by atoms with E-state index in [4.69, 9.17) is 0 Å². The molecule has 1 aliphatic rings. The van der Waals surface area contributed by atoms with Gasteiger partial charge >= 0.3 is 6.03 Å². The number of hydrogen-bond acceptors (Lipinski definition) is 2. The molecule has 0 bridgehead atoms. The largest absolute Gasteiger partial charge is 0.352 e. The minimum Gasteiger partial charge on any atom is -0.352 e. The van der Waals surface area contributed by atoms with Gasteiger partial charge in [-0.15, -0.1) is 6.58 Å². The summed E-state index contributed by atoms with van der Waals surface area (Å²) in [6.07, 6.45) is 3.24. The van der Waals surface area contributed by atoms with Crippen LogP contribution in [-0.4, -0.2) is 28.0 Å². The van der Waals surface area contributed by atoms with E-state index in [1.165, 1.54) is 6.08 Å². The van der Waals surface area contributed by atoms with E-state index in [-0.39, 0.29) is 12.5 Å². The number of aromatic nitrogens is 1. The fourth-order valence-electron chi connectivity index (χ4n) is 2.05. The van der Waals surface area contributed by atoms with E-state index in [1.54, 1.807) is 6.08 Å². The molecule has 1 aromatic rings. The van der Waals surface area contributed by atoms with Crippen molar-refractivity contribution in [2.45, 2.75) is 13.8 Å². The number of carbonyl (C=O) groups is 2. The Bertz CT molecular complexity index is 596. The van der Waals surface area contributed by atoms with Crippen molar-refractivity contribution in [2.24, 2.45) is 7.05 Å². The zero-order valence-corrected chi connectivity index (χ0v) is 11.4. The maximum absolute atomic E-state index is 12.0. The Hall–Kier alpha value is -2.30. The van der Waals surface area contributed by atoms with Gasteiger partial charge in [0.1, 0.15) is 5.70 Å². The molecular weight excluding hydrogens is 242 g/mol. The summed E-state index contributed by atoms with van der Waals surface area (Å²) in [4.78, 5) is 24.8. The van der Waals surface area contributed by atoms with E-state index in [0.29, 0.717) is 5.70 Å². The van der Waals surface area contributed by atoms with Crippen molar-refractivity contribution in [3.63, 3.8) is 0 Å². The molecule has 0 aliphatic carbocycles. The molecule has 2 heterocycles. The van der Waals surface area contributed by atoms with Crippen LogP contribution in [0.15, 0.2) is 24.4 Å². The number of hydrogen-bond donors (Lipinski definition) is 1. The number of aryl methyl sites for hydroxylation is 1. The average Bonchev–Trinajstić information content (AvgIpc) is 2.76. The summed E-state index contributed by atoms with van der Waals surface area (Å²) in [6, 6.07) is 1.58. The van der Waals surface area contributed by atoms with Crippen LogP contribution in [0.1, 0.15) is 17.0 Å². The van der Waals surface area contributed by atoms with Gasteiger partial charge in [-0.1, -0.05) is 6.08 Å². The summed E-state index contributed by atoms with van der Waals surface area (Å²) in [5.41, 5.74) is 3.39. The molecule has 0 saturated carbocycles. The SMILES string of the molecule is C=CCN1C(=O)N/C(=C/c2cc(C)n(C)c2C)C1=O. The second-order valence-electron chi connectivity index (χ2n) is 4.58. The van der Waals surface area contributed by atoms with Gasteiger partial charge in [0, 0.05) is 25.0 Å².